The molecule has 0 saturated heterocycles. The highest BCUT2D eigenvalue weighted by atomic mass is 35.5. The number of benzene rings is 1. The highest BCUT2D eigenvalue weighted by Gasteiger charge is 2.09. The number of halogens is 1. The number of hydrogen-bond donors (Lipinski definition) is 2. The molecular weight excluding hydrogens is 302 g/mol. The van der Waals surface area contributed by atoms with Crippen molar-refractivity contribution in [1.29, 1.82) is 0 Å². The van der Waals surface area contributed by atoms with Gasteiger partial charge in [0.15, 0.2) is 5.96 Å². The summed E-state index contributed by atoms with van der Waals surface area (Å²) < 4.78 is 5.24. The van der Waals surface area contributed by atoms with Crippen molar-refractivity contribution in [2.45, 2.75) is 32.9 Å². The van der Waals surface area contributed by atoms with Crippen molar-refractivity contribution < 1.29 is 4.52 Å². The van der Waals surface area contributed by atoms with Gasteiger partial charge >= 0.3 is 0 Å². The minimum atomic E-state index is 0.346. The molecule has 1 heterocycles. The van der Waals surface area contributed by atoms with Crippen molar-refractivity contribution in [3.63, 3.8) is 0 Å². The Morgan fingerprint density at radius 1 is 1.36 bits per heavy atom. The second kappa shape index (κ2) is 7.79. The van der Waals surface area contributed by atoms with Crippen LogP contribution in [-0.4, -0.2) is 29.2 Å². The average Bonchev–Trinajstić information content (AvgIpc) is 3.00. The van der Waals surface area contributed by atoms with Crippen LogP contribution in [0.4, 0.5) is 0 Å². The van der Waals surface area contributed by atoms with Gasteiger partial charge < -0.3 is 15.2 Å². The van der Waals surface area contributed by atoms with Crippen LogP contribution in [0.15, 0.2) is 33.8 Å². The molecule has 6 nitrogen and oxygen atoms in total. The van der Waals surface area contributed by atoms with Gasteiger partial charge in [0.05, 0.1) is 6.54 Å². The van der Waals surface area contributed by atoms with Crippen molar-refractivity contribution in [1.82, 2.24) is 20.8 Å². The second-order valence-electron chi connectivity index (χ2n) is 4.90. The normalized spacial score (nSPS) is 13.0. The Kier molecular flexibility index (Phi) is 5.77. The number of guanidine groups is 1. The predicted molar refractivity (Wildman–Crippen MR) is 87.8 cm³/mol. The summed E-state index contributed by atoms with van der Waals surface area (Å²) in [7, 11) is 1.73. The van der Waals surface area contributed by atoms with Gasteiger partial charge in [-0.3, -0.25) is 4.99 Å². The van der Waals surface area contributed by atoms with E-state index in [-0.39, 0.29) is 0 Å². The Labute approximate surface area is 135 Å². The van der Waals surface area contributed by atoms with E-state index in [1.165, 1.54) is 0 Å². The molecule has 2 N–H and O–H groups in total. The van der Waals surface area contributed by atoms with Crippen LogP contribution < -0.4 is 10.6 Å². The molecular formula is C15H20ClN5O. The number of nitrogens with one attached hydrogen (secondary N) is 2. The minimum Gasteiger partial charge on any atom is -0.354 e. The third-order valence-corrected chi connectivity index (χ3v) is 3.45. The summed E-state index contributed by atoms with van der Waals surface area (Å²) >= 11 is 5.86. The molecule has 0 fully saturated rings. The molecule has 22 heavy (non-hydrogen) atoms. The fourth-order valence-electron chi connectivity index (χ4n) is 1.73. The van der Waals surface area contributed by atoms with E-state index in [1.807, 2.05) is 12.1 Å². The number of rotatable bonds is 5. The van der Waals surface area contributed by atoms with Crippen molar-refractivity contribution >= 4 is 17.6 Å². The first kappa shape index (κ1) is 16.3. The van der Waals surface area contributed by atoms with Gasteiger partial charge in [-0.2, -0.15) is 4.98 Å². The quantitative estimate of drug-likeness (QED) is 0.654. The zero-order chi connectivity index (χ0) is 15.9. The van der Waals surface area contributed by atoms with E-state index in [1.54, 1.807) is 19.2 Å². The molecule has 0 aliphatic carbocycles. The maximum Gasteiger partial charge on any atom is 0.246 e. The third kappa shape index (κ3) is 4.46. The standard InChI is InChI=1S/C15H20ClN5O/c1-4-10(2)19-15(17-3)18-9-13-20-14(21-22-13)11-5-7-12(16)8-6-11/h5-8,10H,4,9H2,1-3H3,(H2,17,18,19). The molecule has 0 bridgehead atoms. The van der Waals surface area contributed by atoms with E-state index in [0.717, 1.165) is 12.0 Å². The summed E-state index contributed by atoms with van der Waals surface area (Å²) in [5.74, 6) is 1.75. The molecule has 7 heteroatoms. The lowest BCUT2D eigenvalue weighted by molar-refractivity contribution is 0.375. The first-order chi connectivity index (χ1) is 10.6. The molecule has 1 atom stereocenters. The molecule has 0 aliphatic rings. The molecule has 118 valence electrons. The van der Waals surface area contributed by atoms with E-state index < -0.39 is 0 Å². The van der Waals surface area contributed by atoms with Crippen LogP contribution >= 0.6 is 11.6 Å². The molecule has 0 aliphatic heterocycles. The van der Waals surface area contributed by atoms with Crippen LogP contribution in [0.2, 0.25) is 5.02 Å². The van der Waals surface area contributed by atoms with Crippen molar-refractivity contribution in [2.24, 2.45) is 4.99 Å². The van der Waals surface area contributed by atoms with Crippen LogP contribution in [0, 0.1) is 0 Å². The van der Waals surface area contributed by atoms with Crippen LogP contribution in [0.25, 0.3) is 11.4 Å². The van der Waals surface area contributed by atoms with E-state index in [9.17, 15) is 0 Å². The maximum atomic E-state index is 5.86. The number of aromatic nitrogens is 2. The van der Waals surface area contributed by atoms with E-state index >= 15 is 0 Å². The predicted octanol–water partition coefficient (Wildman–Crippen LogP) is 2.85. The number of hydrogen-bond acceptors (Lipinski definition) is 4. The number of aliphatic imine (C=N–C) groups is 1. The second-order valence-corrected chi connectivity index (χ2v) is 5.33. The van der Waals surface area contributed by atoms with Gasteiger partial charge in [-0.05, 0) is 37.6 Å². The van der Waals surface area contributed by atoms with Crippen molar-refractivity contribution in [3.05, 3.63) is 35.2 Å². The molecule has 2 rings (SSSR count). The topological polar surface area (TPSA) is 75.3 Å². The first-order valence-electron chi connectivity index (χ1n) is 7.18. The lowest BCUT2D eigenvalue weighted by Crippen LogP contribution is -2.41. The smallest absolute Gasteiger partial charge is 0.246 e. The lowest BCUT2D eigenvalue weighted by atomic mass is 10.2. The van der Waals surface area contributed by atoms with Gasteiger partial charge in [0.2, 0.25) is 11.7 Å². The van der Waals surface area contributed by atoms with E-state index in [2.05, 4.69) is 39.6 Å². The monoisotopic (exact) mass is 321 g/mol. The molecule has 1 unspecified atom stereocenters. The summed E-state index contributed by atoms with van der Waals surface area (Å²) in [5.41, 5.74) is 0.863. The molecule has 0 spiro atoms. The summed E-state index contributed by atoms with van der Waals surface area (Å²) in [6, 6.07) is 7.65. The Morgan fingerprint density at radius 3 is 2.73 bits per heavy atom. The zero-order valence-corrected chi connectivity index (χ0v) is 13.7. The SMILES string of the molecule is CCC(C)NC(=NC)NCc1nc(-c2ccc(Cl)cc2)no1. The van der Waals surface area contributed by atoms with E-state index in [4.69, 9.17) is 16.1 Å². The Morgan fingerprint density at radius 2 is 2.09 bits per heavy atom. The highest BCUT2D eigenvalue weighted by molar-refractivity contribution is 6.30. The molecule has 1 aromatic carbocycles. The van der Waals surface area contributed by atoms with Crippen LogP contribution in [-0.2, 0) is 6.54 Å². The Hall–Kier alpha value is -2.08. The zero-order valence-electron chi connectivity index (χ0n) is 12.9. The fourth-order valence-corrected chi connectivity index (χ4v) is 1.86. The molecule has 0 saturated carbocycles. The average molecular weight is 322 g/mol. The largest absolute Gasteiger partial charge is 0.354 e. The third-order valence-electron chi connectivity index (χ3n) is 3.20. The fraction of sp³-hybridized carbons (Fsp3) is 0.400. The van der Waals surface area contributed by atoms with Gasteiger partial charge in [-0.25, -0.2) is 0 Å². The lowest BCUT2D eigenvalue weighted by Gasteiger charge is -2.15. The summed E-state index contributed by atoms with van der Waals surface area (Å²) in [4.78, 5) is 8.51. The van der Waals surface area contributed by atoms with Gasteiger partial charge in [0, 0.05) is 23.7 Å². The molecule has 0 radical (unpaired) electrons. The number of nitrogens with zero attached hydrogens (tertiary/aromatic N) is 3. The highest BCUT2D eigenvalue weighted by Crippen LogP contribution is 2.18. The summed E-state index contributed by atoms with van der Waals surface area (Å²) in [6.45, 7) is 4.62. The summed E-state index contributed by atoms with van der Waals surface area (Å²) in [6.07, 6.45) is 1.02. The minimum absolute atomic E-state index is 0.346. The van der Waals surface area contributed by atoms with Crippen molar-refractivity contribution in [2.75, 3.05) is 7.05 Å². The van der Waals surface area contributed by atoms with Crippen molar-refractivity contribution in [3.8, 4) is 11.4 Å². The van der Waals surface area contributed by atoms with Gasteiger partial charge in [0.25, 0.3) is 0 Å². The Balaban J connectivity index is 1.96. The maximum absolute atomic E-state index is 5.86. The molecule has 1 aromatic heterocycles. The molecule has 0 amide bonds. The van der Waals surface area contributed by atoms with Crippen LogP contribution in [0.5, 0.6) is 0 Å². The van der Waals surface area contributed by atoms with Gasteiger partial charge in [-0.1, -0.05) is 23.7 Å². The van der Waals surface area contributed by atoms with Crippen LogP contribution in [0.1, 0.15) is 26.2 Å². The first-order valence-corrected chi connectivity index (χ1v) is 7.56. The van der Waals surface area contributed by atoms with Gasteiger partial charge in [-0.15, -0.1) is 0 Å². The van der Waals surface area contributed by atoms with Gasteiger partial charge in [0.1, 0.15) is 0 Å². The molecule has 2 aromatic rings. The Bertz CT molecular complexity index is 623. The van der Waals surface area contributed by atoms with E-state index in [0.29, 0.717) is 35.3 Å². The summed E-state index contributed by atoms with van der Waals surface area (Å²) in [5, 5.41) is 11.1. The van der Waals surface area contributed by atoms with Crippen LogP contribution in [0.3, 0.4) is 0 Å².